The predicted octanol–water partition coefficient (Wildman–Crippen LogP) is -2.41. The zero-order chi connectivity index (χ0) is 4.50. The molecule has 6 heteroatoms. The molecule has 0 aromatic carbocycles. The van der Waals surface area contributed by atoms with Crippen LogP contribution >= 0.6 is 7.75 Å². The standard InChI is InChI=1S/H4NO3P.H4Si/c1-5(2,3)4;/h(H4,1,2,3,4);1H4. The first-order chi connectivity index (χ1) is 2.00. The van der Waals surface area contributed by atoms with Crippen LogP contribution in [0, 0.1) is 0 Å². The molecule has 0 saturated carbocycles. The van der Waals surface area contributed by atoms with Crippen molar-refractivity contribution in [3.63, 3.8) is 0 Å². The van der Waals surface area contributed by atoms with Crippen LogP contribution in [0.15, 0.2) is 0 Å². The van der Waals surface area contributed by atoms with Gasteiger partial charge in [-0.2, -0.15) is 0 Å². The van der Waals surface area contributed by atoms with Crippen LogP contribution in [0.2, 0.25) is 0 Å². The second-order valence-electron chi connectivity index (χ2n) is 0.589. The molecule has 0 aliphatic carbocycles. The van der Waals surface area contributed by atoms with Crippen molar-refractivity contribution in [2.45, 2.75) is 0 Å². The summed E-state index contributed by atoms with van der Waals surface area (Å²) in [5.74, 6) is 0. The Hall–Kier alpha value is 0.327. The van der Waals surface area contributed by atoms with Gasteiger partial charge < -0.3 is 9.79 Å². The first-order valence-electron chi connectivity index (χ1n) is 0.841. The van der Waals surface area contributed by atoms with E-state index < -0.39 is 7.75 Å². The molecule has 0 aliphatic rings. The van der Waals surface area contributed by atoms with Crippen molar-refractivity contribution >= 4 is 18.7 Å². The summed E-state index contributed by atoms with van der Waals surface area (Å²) < 4.78 is 9.10. The summed E-state index contributed by atoms with van der Waals surface area (Å²) in [4.78, 5) is 14.8. The highest BCUT2D eigenvalue weighted by Crippen LogP contribution is 2.20. The van der Waals surface area contributed by atoms with E-state index in [9.17, 15) is 0 Å². The van der Waals surface area contributed by atoms with Crippen molar-refractivity contribution in [1.82, 2.24) is 0 Å². The Morgan fingerprint density at radius 1 is 1.50 bits per heavy atom. The van der Waals surface area contributed by atoms with E-state index in [0.29, 0.717) is 0 Å². The molecule has 6 heavy (non-hydrogen) atoms. The Bertz CT molecular complexity index is 56.9. The van der Waals surface area contributed by atoms with E-state index in [1.165, 1.54) is 0 Å². The van der Waals surface area contributed by atoms with Gasteiger partial charge in [-0.25, -0.2) is 10.1 Å². The molecule has 0 fully saturated rings. The Morgan fingerprint density at radius 2 is 1.50 bits per heavy atom. The van der Waals surface area contributed by atoms with Gasteiger partial charge in [0.15, 0.2) is 0 Å². The van der Waals surface area contributed by atoms with E-state index in [-0.39, 0.29) is 11.0 Å². The molecule has 0 heterocycles. The number of rotatable bonds is 0. The molecule has 0 amide bonds. The molecule has 0 rings (SSSR count). The molecule has 0 aromatic rings. The Labute approximate surface area is 39.6 Å². The molecule has 4 nitrogen and oxygen atoms in total. The molecule has 40 valence electrons. The summed E-state index contributed by atoms with van der Waals surface area (Å²) in [5.41, 5.74) is 4.02. The van der Waals surface area contributed by atoms with Crippen LogP contribution in [0.25, 0.3) is 0 Å². The normalized spacial score (nSPS) is 9.83. The summed E-state index contributed by atoms with van der Waals surface area (Å²) >= 11 is 0. The minimum atomic E-state index is -4.14. The molecular weight excluding hydrogens is 121 g/mol. The van der Waals surface area contributed by atoms with Gasteiger partial charge in [-0.05, 0) is 11.0 Å². The molecule has 0 bridgehead atoms. The lowest BCUT2D eigenvalue weighted by Crippen LogP contribution is -1.87. The van der Waals surface area contributed by atoms with Crippen LogP contribution in [0.3, 0.4) is 0 Å². The van der Waals surface area contributed by atoms with E-state index >= 15 is 0 Å². The average Bonchev–Trinajstić information content (AvgIpc) is 0.722. The molecule has 0 atom stereocenters. The Balaban J connectivity index is 0. The van der Waals surface area contributed by atoms with Crippen LogP contribution in [-0.4, -0.2) is 20.8 Å². The smallest absolute Gasteiger partial charge is 0.313 e. The van der Waals surface area contributed by atoms with Gasteiger partial charge in [0, 0.05) is 0 Å². The highest BCUT2D eigenvalue weighted by Gasteiger charge is 1.96. The minimum absolute atomic E-state index is 0. The monoisotopic (exact) mass is 129 g/mol. The van der Waals surface area contributed by atoms with Crippen LogP contribution < -0.4 is 5.50 Å². The van der Waals surface area contributed by atoms with Gasteiger partial charge in [-0.3, -0.25) is 0 Å². The van der Waals surface area contributed by atoms with Gasteiger partial charge in [-0.1, -0.05) is 0 Å². The van der Waals surface area contributed by atoms with Crippen LogP contribution in [0.5, 0.6) is 0 Å². The molecule has 0 aliphatic heterocycles. The van der Waals surface area contributed by atoms with E-state index in [0.717, 1.165) is 0 Å². The van der Waals surface area contributed by atoms with E-state index in [1.54, 1.807) is 0 Å². The number of hydrogen-bond donors (Lipinski definition) is 3. The first kappa shape index (κ1) is 9.59. The first-order valence-corrected chi connectivity index (χ1v) is 2.52. The highest BCUT2D eigenvalue weighted by molar-refractivity contribution is 7.49. The summed E-state index contributed by atoms with van der Waals surface area (Å²) in [5, 5.41) is 0. The fourth-order valence-corrected chi connectivity index (χ4v) is 0. The molecule has 0 radical (unpaired) electrons. The lowest BCUT2D eigenvalue weighted by Gasteiger charge is -1.84. The third-order valence-electron chi connectivity index (χ3n) is 0. The topological polar surface area (TPSA) is 83.6 Å². The average molecular weight is 129 g/mol. The quantitative estimate of drug-likeness (QED) is 0.251. The summed E-state index contributed by atoms with van der Waals surface area (Å²) in [6, 6.07) is 0. The maximum Gasteiger partial charge on any atom is 0.397 e. The molecule has 0 spiro atoms. The van der Waals surface area contributed by atoms with Crippen LogP contribution in [0.1, 0.15) is 0 Å². The largest absolute Gasteiger partial charge is 0.397 e. The van der Waals surface area contributed by atoms with Gasteiger partial charge in [-0.15, -0.1) is 0 Å². The fraction of sp³-hybridized carbons (Fsp3) is 0. The fourth-order valence-electron chi connectivity index (χ4n) is 0. The van der Waals surface area contributed by atoms with E-state index in [4.69, 9.17) is 14.4 Å². The SMILES string of the molecule is NP(=O)(O)O.[SiH4]. The van der Waals surface area contributed by atoms with Gasteiger partial charge in [0.1, 0.15) is 0 Å². The van der Waals surface area contributed by atoms with E-state index in [2.05, 4.69) is 5.50 Å². The maximum absolute atomic E-state index is 9.10. The van der Waals surface area contributed by atoms with Crippen LogP contribution in [0.4, 0.5) is 0 Å². The zero-order valence-electron chi connectivity index (χ0n) is 2.33. The van der Waals surface area contributed by atoms with Gasteiger partial charge >= 0.3 is 7.75 Å². The molecular formula is H8NO3PSi. The second kappa shape index (κ2) is 2.49. The van der Waals surface area contributed by atoms with Crippen LogP contribution in [-0.2, 0) is 4.57 Å². The maximum atomic E-state index is 9.10. The van der Waals surface area contributed by atoms with Crippen molar-refractivity contribution in [3.05, 3.63) is 0 Å². The Kier molecular flexibility index (Phi) is 3.98. The molecule has 0 saturated heterocycles. The summed E-state index contributed by atoms with van der Waals surface area (Å²) in [7, 11) is -4.14. The van der Waals surface area contributed by atoms with Crippen molar-refractivity contribution in [2.24, 2.45) is 5.50 Å². The van der Waals surface area contributed by atoms with Crippen molar-refractivity contribution in [1.29, 1.82) is 0 Å². The van der Waals surface area contributed by atoms with Gasteiger partial charge in [0.25, 0.3) is 0 Å². The number of nitrogens with two attached hydrogens (primary N) is 1. The van der Waals surface area contributed by atoms with E-state index in [1.807, 2.05) is 0 Å². The summed E-state index contributed by atoms with van der Waals surface area (Å²) in [6.45, 7) is 0. The Morgan fingerprint density at radius 3 is 1.50 bits per heavy atom. The highest BCUT2D eigenvalue weighted by atomic mass is 31.2. The molecule has 0 aromatic heterocycles. The number of hydrogen-bond acceptors (Lipinski definition) is 1. The zero-order valence-corrected chi connectivity index (χ0v) is 3.22. The lowest BCUT2D eigenvalue weighted by molar-refractivity contribution is 0.374. The summed E-state index contributed by atoms with van der Waals surface area (Å²) in [6.07, 6.45) is 0. The van der Waals surface area contributed by atoms with Crippen molar-refractivity contribution < 1.29 is 14.4 Å². The third-order valence-corrected chi connectivity index (χ3v) is 0. The molecule has 0 unspecified atom stereocenters. The minimum Gasteiger partial charge on any atom is -0.313 e. The van der Waals surface area contributed by atoms with Crippen molar-refractivity contribution in [3.8, 4) is 0 Å². The third kappa shape index (κ3) is 448. The van der Waals surface area contributed by atoms with Crippen molar-refractivity contribution in [2.75, 3.05) is 0 Å². The second-order valence-corrected chi connectivity index (χ2v) is 1.77. The predicted molar refractivity (Wildman–Crippen MR) is 27.6 cm³/mol. The van der Waals surface area contributed by atoms with Gasteiger partial charge in [0.2, 0.25) is 0 Å². The van der Waals surface area contributed by atoms with Gasteiger partial charge in [0.05, 0.1) is 0 Å². The molecule has 4 N–H and O–H groups in total. The lowest BCUT2D eigenvalue weighted by atomic mass is 13.9.